The molecule has 1 aromatic heterocycles. The van der Waals surface area contributed by atoms with Gasteiger partial charge in [-0.05, 0) is 49.2 Å². The maximum absolute atomic E-state index is 12.2. The molecule has 0 radical (unpaired) electrons. The molecule has 3 aromatic rings. The Morgan fingerprint density at radius 1 is 1.00 bits per heavy atom. The molecule has 0 bridgehead atoms. The van der Waals surface area contributed by atoms with Crippen LogP contribution in [0.3, 0.4) is 0 Å². The molecule has 2 amide bonds. The number of hydrogen-bond acceptors (Lipinski definition) is 4. The van der Waals surface area contributed by atoms with Gasteiger partial charge in [-0.25, -0.2) is 4.98 Å². The van der Waals surface area contributed by atoms with E-state index in [0.717, 1.165) is 11.3 Å². The summed E-state index contributed by atoms with van der Waals surface area (Å²) in [6.07, 6.45) is 0.157. The molecular formula is C20H19N3O2S. The quantitative estimate of drug-likeness (QED) is 0.712. The predicted molar refractivity (Wildman–Crippen MR) is 105 cm³/mol. The molecule has 0 aliphatic heterocycles. The average molecular weight is 365 g/mol. The van der Waals surface area contributed by atoms with Crippen LogP contribution in [0.15, 0.2) is 53.9 Å². The summed E-state index contributed by atoms with van der Waals surface area (Å²) in [6.45, 7) is 4.04. The van der Waals surface area contributed by atoms with Gasteiger partial charge in [-0.3, -0.25) is 14.9 Å². The highest BCUT2D eigenvalue weighted by molar-refractivity contribution is 7.14. The summed E-state index contributed by atoms with van der Waals surface area (Å²) < 4.78 is 0. The smallest absolute Gasteiger partial charge is 0.257 e. The summed E-state index contributed by atoms with van der Waals surface area (Å²) in [4.78, 5) is 28.6. The fourth-order valence-corrected chi connectivity index (χ4v) is 3.10. The molecule has 0 saturated heterocycles. The van der Waals surface area contributed by atoms with Gasteiger partial charge in [0.15, 0.2) is 5.13 Å². The van der Waals surface area contributed by atoms with E-state index < -0.39 is 0 Å². The molecule has 0 spiro atoms. The van der Waals surface area contributed by atoms with Crippen LogP contribution in [0.1, 0.15) is 27.2 Å². The first-order valence-electron chi connectivity index (χ1n) is 8.19. The summed E-state index contributed by atoms with van der Waals surface area (Å²) >= 11 is 1.30. The number of anilines is 2. The molecule has 0 saturated carbocycles. The van der Waals surface area contributed by atoms with Crippen molar-refractivity contribution in [3.8, 4) is 0 Å². The first kappa shape index (κ1) is 17.8. The molecular weight excluding hydrogens is 346 g/mol. The van der Waals surface area contributed by atoms with Crippen molar-refractivity contribution >= 4 is 34.0 Å². The Kier molecular flexibility index (Phi) is 5.43. The van der Waals surface area contributed by atoms with Gasteiger partial charge in [0.1, 0.15) is 0 Å². The molecule has 0 aliphatic rings. The summed E-state index contributed by atoms with van der Waals surface area (Å²) in [5, 5.41) is 7.88. The molecule has 2 N–H and O–H groups in total. The van der Waals surface area contributed by atoms with Crippen molar-refractivity contribution in [2.24, 2.45) is 0 Å². The van der Waals surface area contributed by atoms with E-state index in [1.165, 1.54) is 16.9 Å². The monoisotopic (exact) mass is 365 g/mol. The summed E-state index contributed by atoms with van der Waals surface area (Å²) in [7, 11) is 0. The molecule has 132 valence electrons. The van der Waals surface area contributed by atoms with Crippen molar-refractivity contribution in [3.63, 3.8) is 0 Å². The lowest BCUT2D eigenvalue weighted by Crippen LogP contribution is -2.15. The summed E-state index contributed by atoms with van der Waals surface area (Å²) in [5.74, 6) is -0.356. The van der Waals surface area contributed by atoms with Crippen molar-refractivity contribution in [2.75, 3.05) is 10.6 Å². The largest absolute Gasteiger partial charge is 0.326 e. The van der Waals surface area contributed by atoms with Crippen LogP contribution in [0.5, 0.6) is 0 Å². The topological polar surface area (TPSA) is 71.1 Å². The van der Waals surface area contributed by atoms with Crippen molar-refractivity contribution < 1.29 is 9.59 Å². The number of aryl methyl sites for hydroxylation is 2. The highest BCUT2D eigenvalue weighted by atomic mass is 32.1. The van der Waals surface area contributed by atoms with Gasteiger partial charge in [0, 0.05) is 16.6 Å². The van der Waals surface area contributed by atoms with Crippen molar-refractivity contribution in [2.45, 2.75) is 20.3 Å². The SMILES string of the molecule is Cc1ccc(NC(=O)Cc2csc(NC(=O)c3ccccc3)n2)cc1C. The van der Waals surface area contributed by atoms with Gasteiger partial charge in [-0.1, -0.05) is 24.3 Å². The number of nitrogens with zero attached hydrogens (tertiary/aromatic N) is 1. The molecule has 5 nitrogen and oxygen atoms in total. The molecule has 0 unspecified atom stereocenters. The third-order valence-electron chi connectivity index (χ3n) is 3.94. The molecule has 0 atom stereocenters. The van der Waals surface area contributed by atoms with E-state index in [9.17, 15) is 9.59 Å². The van der Waals surface area contributed by atoms with E-state index >= 15 is 0 Å². The lowest BCUT2D eigenvalue weighted by atomic mass is 10.1. The Morgan fingerprint density at radius 2 is 1.77 bits per heavy atom. The van der Waals surface area contributed by atoms with Crippen LogP contribution in [0.2, 0.25) is 0 Å². The summed E-state index contributed by atoms with van der Waals surface area (Å²) in [5.41, 5.74) is 4.27. The second kappa shape index (κ2) is 7.93. The van der Waals surface area contributed by atoms with E-state index in [2.05, 4.69) is 15.6 Å². The van der Waals surface area contributed by atoms with Gasteiger partial charge in [-0.2, -0.15) is 0 Å². The highest BCUT2D eigenvalue weighted by Gasteiger charge is 2.11. The number of benzene rings is 2. The maximum Gasteiger partial charge on any atom is 0.257 e. The second-order valence-electron chi connectivity index (χ2n) is 5.99. The van der Waals surface area contributed by atoms with E-state index in [0.29, 0.717) is 16.4 Å². The Labute approximate surface area is 156 Å². The normalized spacial score (nSPS) is 10.4. The van der Waals surface area contributed by atoms with Gasteiger partial charge in [-0.15, -0.1) is 11.3 Å². The zero-order chi connectivity index (χ0) is 18.5. The average Bonchev–Trinajstić information content (AvgIpc) is 3.05. The third-order valence-corrected chi connectivity index (χ3v) is 4.75. The number of aromatic nitrogens is 1. The van der Waals surface area contributed by atoms with Crippen molar-refractivity contribution in [3.05, 3.63) is 76.3 Å². The molecule has 2 aromatic carbocycles. The van der Waals surface area contributed by atoms with Crippen LogP contribution >= 0.6 is 11.3 Å². The summed E-state index contributed by atoms with van der Waals surface area (Å²) in [6, 6.07) is 14.7. The fourth-order valence-electron chi connectivity index (χ4n) is 2.39. The van der Waals surface area contributed by atoms with Crippen LogP contribution in [0.4, 0.5) is 10.8 Å². The molecule has 6 heteroatoms. The Bertz CT molecular complexity index is 935. The van der Waals surface area contributed by atoms with Crippen LogP contribution in [-0.4, -0.2) is 16.8 Å². The molecule has 0 fully saturated rings. The zero-order valence-electron chi connectivity index (χ0n) is 14.6. The Balaban J connectivity index is 1.58. The van der Waals surface area contributed by atoms with E-state index in [-0.39, 0.29) is 18.2 Å². The van der Waals surface area contributed by atoms with Crippen LogP contribution in [0, 0.1) is 13.8 Å². The van der Waals surface area contributed by atoms with Crippen LogP contribution in [0.25, 0.3) is 0 Å². The van der Waals surface area contributed by atoms with Crippen molar-refractivity contribution in [1.82, 2.24) is 4.98 Å². The van der Waals surface area contributed by atoms with E-state index in [1.54, 1.807) is 29.6 Å². The van der Waals surface area contributed by atoms with Crippen molar-refractivity contribution in [1.29, 1.82) is 0 Å². The predicted octanol–water partition coefficient (Wildman–Crippen LogP) is 4.19. The minimum Gasteiger partial charge on any atom is -0.326 e. The number of thiazole rings is 1. The van der Waals surface area contributed by atoms with Crippen LogP contribution < -0.4 is 10.6 Å². The fraction of sp³-hybridized carbons (Fsp3) is 0.150. The van der Waals surface area contributed by atoms with Crippen LogP contribution in [-0.2, 0) is 11.2 Å². The first-order valence-corrected chi connectivity index (χ1v) is 9.07. The number of hydrogen-bond donors (Lipinski definition) is 2. The van der Waals surface area contributed by atoms with E-state index in [4.69, 9.17) is 0 Å². The first-order chi connectivity index (χ1) is 12.5. The van der Waals surface area contributed by atoms with E-state index in [1.807, 2.05) is 38.1 Å². The standard InChI is InChI=1S/C20H19N3O2S/c1-13-8-9-16(10-14(13)2)21-18(24)11-17-12-26-20(22-17)23-19(25)15-6-4-3-5-7-15/h3-10,12H,11H2,1-2H3,(H,21,24)(H,22,23,25). The zero-order valence-corrected chi connectivity index (χ0v) is 15.4. The molecule has 26 heavy (non-hydrogen) atoms. The molecule has 0 aliphatic carbocycles. The number of carbonyl (C=O) groups is 2. The van der Waals surface area contributed by atoms with Gasteiger partial charge in [0.2, 0.25) is 5.91 Å². The van der Waals surface area contributed by atoms with Gasteiger partial charge < -0.3 is 5.32 Å². The second-order valence-corrected chi connectivity index (χ2v) is 6.85. The lowest BCUT2D eigenvalue weighted by Gasteiger charge is -2.07. The highest BCUT2D eigenvalue weighted by Crippen LogP contribution is 2.18. The number of rotatable bonds is 5. The lowest BCUT2D eigenvalue weighted by molar-refractivity contribution is -0.115. The molecule has 1 heterocycles. The molecule has 3 rings (SSSR count). The minimum absolute atomic E-state index is 0.139. The van der Waals surface area contributed by atoms with Gasteiger partial charge in [0.05, 0.1) is 12.1 Å². The number of nitrogens with one attached hydrogen (secondary N) is 2. The number of amides is 2. The Hall–Kier alpha value is -2.99. The Morgan fingerprint density at radius 3 is 2.50 bits per heavy atom. The minimum atomic E-state index is -0.217. The van der Waals surface area contributed by atoms with Gasteiger partial charge in [0.25, 0.3) is 5.91 Å². The van der Waals surface area contributed by atoms with Gasteiger partial charge >= 0.3 is 0 Å². The number of carbonyl (C=O) groups excluding carboxylic acids is 2. The third kappa shape index (κ3) is 4.55. The maximum atomic E-state index is 12.2.